The van der Waals surface area contributed by atoms with Crippen molar-refractivity contribution in [2.24, 2.45) is 5.73 Å². The number of rotatable bonds is 0. The van der Waals surface area contributed by atoms with Crippen LogP contribution in [0.25, 0.3) is 0 Å². The molecule has 1 aliphatic heterocycles. The smallest absolute Gasteiger partial charge is 0.126 e. The van der Waals surface area contributed by atoms with Gasteiger partial charge in [-0.1, -0.05) is 18.2 Å². The molecule has 0 fully saturated rings. The van der Waals surface area contributed by atoms with Gasteiger partial charge in [-0.15, -0.1) is 12.4 Å². The molecule has 13 heavy (non-hydrogen) atoms. The van der Waals surface area contributed by atoms with Crippen LogP contribution in [0, 0.1) is 6.92 Å². The molecule has 2 rings (SSSR count). The van der Waals surface area contributed by atoms with E-state index in [1.807, 2.05) is 12.1 Å². The van der Waals surface area contributed by atoms with Crippen LogP contribution in [0.1, 0.15) is 23.6 Å². The van der Waals surface area contributed by atoms with E-state index in [4.69, 9.17) is 10.5 Å². The van der Waals surface area contributed by atoms with Gasteiger partial charge in [-0.25, -0.2) is 0 Å². The first-order valence-corrected chi connectivity index (χ1v) is 4.27. The van der Waals surface area contributed by atoms with Crippen molar-refractivity contribution in [2.45, 2.75) is 19.4 Å². The van der Waals surface area contributed by atoms with Gasteiger partial charge in [-0.2, -0.15) is 0 Å². The van der Waals surface area contributed by atoms with Gasteiger partial charge < -0.3 is 10.5 Å². The molecule has 2 N–H and O–H groups in total. The summed E-state index contributed by atoms with van der Waals surface area (Å²) in [6, 6.07) is 6.29. The number of hydrogen-bond acceptors (Lipinski definition) is 2. The van der Waals surface area contributed by atoms with Gasteiger partial charge in [0.1, 0.15) is 5.75 Å². The van der Waals surface area contributed by atoms with E-state index in [1.54, 1.807) is 0 Å². The molecular formula is C10H14ClNO. The minimum Gasteiger partial charge on any atom is -0.493 e. The summed E-state index contributed by atoms with van der Waals surface area (Å²) in [7, 11) is 0. The highest BCUT2D eigenvalue weighted by molar-refractivity contribution is 5.85. The molecule has 2 nitrogen and oxygen atoms in total. The number of aryl methyl sites for hydroxylation is 1. The lowest BCUT2D eigenvalue weighted by Crippen LogP contribution is -2.20. The van der Waals surface area contributed by atoms with E-state index < -0.39 is 0 Å². The van der Waals surface area contributed by atoms with Gasteiger partial charge in [0.25, 0.3) is 0 Å². The van der Waals surface area contributed by atoms with Crippen molar-refractivity contribution in [3.8, 4) is 5.75 Å². The number of nitrogens with two attached hydrogens (primary N) is 1. The molecule has 0 saturated heterocycles. The first-order valence-electron chi connectivity index (χ1n) is 4.27. The molecule has 3 heteroatoms. The van der Waals surface area contributed by atoms with Gasteiger partial charge in [-0.3, -0.25) is 0 Å². The molecule has 0 bridgehead atoms. The minimum absolute atomic E-state index is 0. The monoisotopic (exact) mass is 199 g/mol. The summed E-state index contributed by atoms with van der Waals surface area (Å²) >= 11 is 0. The van der Waals surface area contributed by atoms with Crippen molar-refractivity contribution in [3.05, 3.63) is 29.3 Å². The highest BCUT2D eigenvalue weighted by Crippen LogP contribution is 2.32. The van der Waals surface area contributed by atoms with Crippen LogP contribution < -0.4 is 10.5 Å². The minimum atomic E-state index is 0. The normalized spacial score (nSPS) is 19.7. The molecule has 0 saturated carbocycles. The summed E-state index contributed by atoms with van der Waals surface area (Å²) in [6.07, 6.45) is 0.927. The lowest BCUT2D eigenvalue weighted by Gasteiger charge is -2.24. The number of para-hydroxylation sites is 1. The summed E-state index contributed by atoms with van der Waals surface area (Å²) in [5.41, 5.74) is 8.27. The van der Waals surface area contributed by atoms with E-state index in [2.05, 4.69) is 13.0 Å². The van der Waals surface area contributed by atoms with Gasteiger partial charge in [-0.05, 0) is 12.5 Å². The Morgan fingerprint density at radius 3 is 2.92 bits per heavy atom. The molecule has 0 aliphatic carbocycles. The fourth-order valence-corrected chi connectivity index (χ4v) is 1.61. The quantitative estimate of drug-likeness (QED) is 0.696. The van der Waals surface area contributed by atoms with E-state index in [0.29, 0.717) is 0 Å². The zero-order valence-corrected chi connectivity index (χ0v) is 8.43. The largest absolute Gasteiger partial charge is 0.493 e. The van der Waals surface area contributed by atoms with Crippen molar-refractivity contribution in [1.29, 1.82) is 0 Å². The first-order chi connectivity index (χ1) is 5.79. The molecule has 0 amide bonds. The predicted octanol–water partition coefficient (Wildman–Crippen LogP) is 2.20. The third kappa shape index (κ3) is 1.79. The van der Waals surface area contributed by atoms with E-state index in [1.165, 1.54) is 5.56 Å². The Balaban J connectivity index is 0.000000845. The lowest BCUT2D eigenvalue weighted by atomic mass is 9.99. The molecule has 1 heterocycles. The Bertz CT molecular complexity index is 301. The van der Waals surface area contributed by atoms with Crippen molar-refractivity contribution < 1.29 is 4.74 Å². The van der Waals surface area contributed by atoms with Crippen LogP contribution in [0.4, 0.5) is 0 Å². The average molecular weight is 200 g/mol. The van der Waals surface area contributed by atoms with Crippen LogP contribution in [-0.2, 0) is 0 Å². The standard InChI is InChI=1S/C10H13NO.ClH/c1-7-3-2-4-8-9(11)5-6-12-10(7)8;/h2-4,9H,5-6,11H2,1H3;1H/t9-;/m1./s1. The van der Waals surface area contributed by atoms with Gasteiger partial charge in [0.2, 0.25) is 0 Å². The Labute approximate surface area is 84.5 Å². The van der Waals surface area contributed by atoms with E-state index in [9.17, 15) is 0 Å². The second-order valence-electron chi connectivity index (χ2n) is 3.24. The maximum absolute atomic E-state index is 5.94. The van der Waals surface area contributed by atoms with Crippen LogP contribution in [0.15, 0.2) is 18.2 Å². The Morgan fingerprint density at radius 2 is 2.23 bits per heavy atom. The van der Waals surface area contributed by atoms with E-state index in [-0.39, 0.29) is 18.4 Å². The van der Waals surface area contributed by atoms with Crippen molar-refractivity contribution in [1.82, 2.24) is 0 Å². The van der Waals surface area contributed by atoms with Crippen LogP contribution in [0.5, 0.6) is 5.75 Å². The van der Waals surface area contributed by atoms with Crippen molar-refractivity contribution >= 4 is 12.4 Å². The second kappa shape index (κ2) is 3.99. The second-order valence-corrected chi connectivity index (χ2v) is 3.24. The topological polar surface area (TPSA) is 35.2 Å². The molecular weight excluding hydrogens is 186 g/mol. The van der Waals surface area contributed by atoms with Gasteiger partial charge >= 0.3 is 0 Å². The third-order valence-corrected chi connectivity index (χ3v) is 2.32. The van der Waals surface area contributed by atoms with Crippen LogP contribution in [0.2, 0.25) is 0 Å². The molecule has 72 valence electrons. The van der Waals surface area contributed by atoms with Gasteiger partial charge in [0.15, 0.2) is 0 Å². The van der Waals surface area contributed by atoms with Crippen molar-refractivity contribution in [3.63, 3.8) is 0 Å². The Morgan fingerprint density at radius 1 is 1.46 bits per heavy atom. The molecule has 0 radical (unpaired) electrons. The highest BCUT2D eigenvalue weighted by Gasteiger charge is 2.18. The van der Waals surface area contributed by atoms with E-state index >= 15 is 0 Å². The van der Waals surface area contributed by atoms with Gasteiger partial charge in [0, 0.05) is 18.0 Å². The zero-order valence-electron chi connectivity index (χ0n) is 7.62. The van der Waals surface area contributed by atoms with Crippen LogP contribution in [0.3, 0.4) is 0 Å². The first kappa shape index (κ1) is 10.4. The SMILES string of the molecule is Cc1cccc2c1OCC[C@H]2N.Cl. The summed E-state index contributed by atoms with van der Waals surface area (Å²) < 4.78 is 5.54. The highest BCUT2D eigenvalue weighted by atomic mass is 35.5. The third-order valence-electron chi connectivity index (χ3n) is 2.32. The molecule has 0 aromatic heterocycles. The fourth-order valence-electron chi connectivity index (χ4n) is 1.61. The maximum atomic E-state index is 5.94. The number of benzene rings is 1. The van der Waals surface area contributed by atoms with Crippen molar-refractivity contribution in [2.75, 3.05) is 6.61 Å². The average Bonchev–Trinajstić information content (AvgIpc) is 2.07. The molecule has 1 aromatic carbocycles. The van der Waals surface area contributed by atoms with Crippen LogP contribution in [-0.4, -0.2) is 6.61 Å². The maximum Gasteiger partial charge on any atom is 0.126 e. The van der Waals surface area contributed by atoms with Crippen LogP contribution >= 0.6 is 12.4 Å². The number of hydrogen-bond donors (Lipinski definition) is 1. The fraction of sp³-hybridized carbons (Fsp3) is 0.400. The Kier molecular flexibility index (Phi) is 3.17. The molecule has 1 atom stereocenters. The molecule has 1 aliphatic rings. The Hall–Kier alpha value is -0.730. The zero-order chi connectivity index (χ0) is 8.55. The number of halogens is 1. The summed E-state index contributed by atoms with van der Waals surface area (Å²) in [4.78, 5) is 0. The lowest BCUT2D eigenvalue weighted by molar-refractivity contribution is 0.267. The molecule has 0 unspecified atom stereocenters. The summed E-state index contributed by atoms with van der Waals surface area (Å²) in [5, 5.41) is 0. The molecule has 1 aromatic rings. The van der Waals surface area contributed by atoms with E-state index in [0.717, 1.165) is 24.3 Å². The summed E-state index contributed by atoms with van der Waals surface area (Å²) in [6.45, 7) is 2.80. The predicted molar refractivity (Wildman–Crippen MR) is 55.5 cm³/mol. The number of fused-ring (bicyclic) bond motifs is 1. The summed E-state index contributed by atoms with van der Waals surface area (Å²) in [5.74, 6) is 0.997. The van der Waals surface area contributed by atoms with Gasteiger partial charge in [0.05, 0.1) is 6.61 Å². The molecule has 0 spiro atoms. The number of ether oxygens (including phenoxy) is 1.